The predicted molar refractivity (Wildman–Crippen MR) is 84.3 cm³/mol. The fraction of sp³-hybridized carbons (Fsp3) is 0.667. The van der Waals surface area contributed by atoms with Gasteiger partial charge < -0.3 is 16.4 Å². The molecule has 20 heavy (non-hydrogen) atoms. The minimum Gasteiger partial charge on any atom is -0.397 e. The first-order valence-corrected chi connectivity index (χ1v) is 8.40. The van der Waals surface area contributed by atoms with Gasteiger partial charge in [-0.15, -0.1) is 11.3 Å². The maximum Gasteiger partial charge on any atom is 0.263 e. The SMILES string of the molecule is CC1CCC(Nc2cc(N)c(C(=O)NC3CC3)s2)CC1. The van der Waals surface area contributed by atoms with Gasteiger partial charge in [0, 0.05) is 12.1 Å². The Morgan fingerprint density at radius 3 is 2.50 bits per heavy atom. The van der Waals surface area contributed by atoms with Crippen molar-refractivity contribution in [2.24, 2.45) is 5.92 Å². The lowest BCUT2D eigenvalue weighted by Gasteiger charge is -2.27. The van der Waals surface area contributed by atoms with E-state index < -0.39 is 0 Å². The highest BCUT2D eigenvalue weighted by Gasteiger charge is 2.26. The number of carbonyl (C=O) groups excluding carboxylic acids is 1. The zero-order chi connectivity index (χ0) is 14.1. The lowest BCUT2D eigenvalue weighted by atomic mass is 9.87. The molecule has 1 heterocycles. The smallest absolute Gasteiger partial charge is 0.263 e. The van der Waals surface area contributed by atoms with Gasteiger partial charge in [0.15, 0.2) is 0 Å². The summed E-state index contributed by atoms with van der Waals surface area (Å²) in [5.74, 6) is 0.835. The molecule has 2 saturated carbocycles. The Morgan fingerprint density at radius 2 is 1.85 bits per heavy atom. The van der Waals surface area contributed by atoms with E-state index in [4.69, 9.17) is 5.73 Å². The lowest BCUT2D eigenvalue weighted by molar-refractivity contribution is 0.0956. The van der Waals surface area contributed by atoms with Crippen molar-refractivity contribution < 1.29 is 4.79 Å². The van der Waals surface area contributed by atoms with Gasteiger partial charge >= 0.3 is 0 Å². The summed E-state index contributed by atoms with van der Waals surface area (Å²) in [5.41, 5.74) is 6.57. The highest BCUT2D eigenvalue weighted by molar-refractivity contribution is 7.18. The lowest BCUT2D eigenvalue weighted by Crippen LogP contribution is -2.25. The van der Waals surface area contributed by atoms with Crippen LogP contribution in [0, 0.1) is 5.92 Å². The number of nitrogen functional groups attached to an aromatic ring is 1. The molecule has 0 spiro atoms. The van der Waals surface area contributed by atoms with Crippen LogP contribution in [0.2, 0.25) is 0 Å². The molecule has 0 saturated heterocycles. The number of amides is 1. The van der Waals surface area contributed by atoms with Crippen molar-refractivity contribution >= 4 is 27.9 Å². The molecule has 0 atom stereocenters. The standard InChI is InChI=1S/C15H23N3OS/c1-9-2-4-10(5-3-9)17-13-8-12(16)14(20-13)15(19)18-11-6-7-11/h8-11,17H,2-7,16H2,1H3,(H,18,19). The van der Waals surface area contributed by atoms with Gasteiger partial charge in [-0.3, -0.25) is 4.79 Å². The normalized spacial score (nSPS) is 26.2. The van der Waals surface area contributed by atoms with E-state index in [1.165, 1.54) is 37.0 Å². The van der Waals surface area contributed by atoms with Crippen molar-refractivity contribution in [3.63, 3.8) is 0 Å². The molecule has 2 fully saturated rings. The highest BCUT2D eigenvalue weighted by Crippen LogP contribution is 2.33. The Morgan fingerprint density at radius 1 is 1.20 bits per heavy atom. The van der Waals surface area contributed by atoms with Crippen molar-refractivity contribution in [2.75, 3.05) is 11.1 Å². The molecular weight excluding hydrogens is 270 g/mol. The predicted octanol–water partition coefficient (Wildman–Crippen LogP) is 3.21. The van der Waals surface area contributed by atoms with E-state index in [1.807, 2.05) is 6.07 Å². The fourth-order valence-corrected chi connectivity index (χ4v) is 3.70. The van der Waals surface area contributed by atoms with E-state index in [1.54, 1.807) is 0 Å². The number of anilines is 2. The molecule has 2 aliphatic rings. The Labute approximate surface area is 124 Å². The van der Waals surface area contributed by atoms with Crippen LogP contribution in [0.5, 0.6) is 0 Å². The van der Waals surface area contributed by atoms with Gasteiger partial charge in [0.05, 0.1) is 10.7 Å². The quantitative estimate of drug-likeness (QED) is 0.798. The van der Waals surface area contributed by atoms with Crippen LogP contribution in [0.4, 0.5) is 10.7 Å². The Hall–Kier alpha value is -1.23. The van der Waals surface area contributed by atoms with Crippen LogP contribution in [-0.2, 0) is 0 Å². The number of thiophene rings is 1. The van der Waals surface area contributed by atoms with E-state index in [0.29, 0.717) is 22.6 Å². The zero-order valence-corrected chi connectivity index (χ0v) is 12.8. The van der Waals surface area contributed by atoms with Crippen molar-refractivity contribution in [1.29, 1.82) is 0 Å². The van der Waals surface area contributed by atoms with E-state index in [9.17, 15) is 4.79 Å². The summed E-state index contributed by atoms with van der Waals surface area (Å²) >= 11 is 1.48. The maximum absolute atomic E-state index is 12.1. The van der Waals surface area contributed by atoms with Crippen molar-refractivity contribution in [2.45, 2.75) is 57.5 Å². The third kappa shape index (κ3) is 3.26. The number of hydrogen-bond donors (Lipinski definition) is 3. The second kappa shape index (κ2) is 5.64. The molecule has 2 aliphatic carbocycles. The Balaban J connectivity index is 1.61. The Kier molecular flexibility index (Phi) is 3.87. The van der Waals surface area contributed by atoms with Gasteiger partial charge in [0.25, 0.3) is 5.91 Å². The molecule has 5 heteroatoms. The highest BCUT2D eigenvalue weighted by atomic mass is 32.1. The summed E-state index contributed by atoms with van der Waals surface area (Å²) < 4.78 is 0. The number of nitrogens with two attached hydrogens (primary N) is 1. The number of nitrogens with one attached hydrogen (secondary N) is 2. The van der Waals surface area contributed by atoms with E-state index in [-0.39, 0.29) is 5.91 Å². The zero-order valence-electron chi connectivity index (χ0n) is 11.9. The van der Waals surface area contributed by atoms with Gasteiger partial charge in [-0.2, -0.15) is 0 Å². The third-order valence-electron chi connectivity index (χ3n) is 4.24. The summed E-state index contributed by atoms with van der Waals surface area (Å²) in [6, 6.07) is 2.81. The minimum absolute atomic E-state index is 0.0136. The van der Waals surface area contributed by atoms with Crippen LogP contribution in [0.25, 0.3) is 0 Å². The molecule has 0 aromatic carbocycles. The number of hydrogen-bond acceptors (Lipinski definition) is 4. The topological polar surface area (TPSA) is 67.1 Å². The van der Waals surface area contributed by atoms with Gasteiger partial charge in [-0.1, -0.05) is 6.92 Å². The van der Waals surface area contributed by atoms with E-state index in [2.05, 4.69) is 17.6 Å². The van der Waals surface area contributed by atoms with Gasteiger partial charge in [-0.05, 0) is 50.5 Å². The fourth-order valence-electron chi connectivity index (χ4n) is 2.74. The first kappa shape index (κ1) is 13.7. The summed E-state index contributed by atoms with van der Waals surface area (Å²) in [7, 11) is 0. The van der Waals surface area contributed by atoms with Crippen molar-refractivity contribution in [3.05, 3.63) is 10.9 Å². The molecule has 3 rings (SSSR count). The van der Waals surface area contributed by atoms with Gasteiger partial charge in [0.1, 0.15) is 4.88 Å². The van der Waals surface area contributed by atoms with Crippen LogP contribution < -0.4 is 16.4 Å². The van der Waals surface area contributed by atoms with Crippen LogP contribution in [0.1, 0.15) is 55.1 Å². The van der Waals surface area contributed by atoms with Crippen LogP contribution in [0.15, 0.2) is 6.07 Å². The molecule has 1 amide bonds. The van der Waals surface area contributed by atoms with E-state index >= 15 is 0 Å². The molecule has 0 aliphatic heterocycles. The molecule has 0 unspecified atom stereocenters. The molecule has 0 bridgehead atoms. The summed E-state index contributed by atoms with van der Waals surface area (Å²) in [6.07, 6.45) is 7.19. The second-order valence-corrected chi connectivity index (χ2v) is 7.30. The van der Waals surface area contributed by atoms with Gasteiger partial charge in [0.2, 0.25) is 0 Å². The third-order valence-corrected chi connectivity index (χ3v) is 5.32. The maximum atomic E-state index is 12.1. The first-order valence-electron chi connectivity index (χ1n) is 7.58. The van der Waals surface area contributed by atoms with Crippen LogP contribution in [-0.4, -0.2) is 18.0 Å². The molecule has 4 nitrogen and oxygen atoms in total. The Bertz CT molecular complexity index is 487. The molecule has 0 radical (unpaired) electrons. The largest absolute Gasteiger partial charge is 0.397 e. The monoisotopic (exact) mass is 293 g/mol. The average Bonchev–Trinajstić information content (AvgIpc) is 3.14. The molecule has 1 aromatic heterocycles. The second-order valence-electron chi connectivity index (χ2n) is 6.24. The van der Waals surface area contributed by atoms with E-state index in [0.717, 1.165) is 23.8 Å². The van der Waals surface area contributed by atoms with Crippen molar-refractivity contribution in [1.82, 2.24) is 5.32 Å². The average molecular weight is 293 g/mol. The van der Waals surface area contributed by atoms with Crippen molar-refractivity contribution in [3.8, 4) is 0 Å². The molecule has 1 aromatic rings. The van der Waals surface area contributed by atoms with Gasteiger partial charge in [-0.25, -0.2) is 0 Å². The molecule has 110 valence electrons. The number of rotatable bonds is 4. The first-order chi connectivity index (χ1) is 9.61. The summed E-state index contributed by atoms with van der Waals surface area (Å²) in [4.78, 5) is 12.7. The summed E-state index contributed by atoms with van der Waals surface area (Å²) in [5, 5.41) is 7.57. The molecular formula is C15H23N3OS. The summed E-state index contributed by atoms with van der Waals surface area (Å²) in [6.45, 7) is 2.32. The molecule has 4 N–H and O–H groups in total. The van der Waals surface area contributed by atoms with Crippen LogP contribution >= 0.6 is 11.3 Å². The van der Waals surface area contributed by atoms with Crippen LogP contribution in [0.3, 0.4) is 0 Å². The number of carbonyl (C=O) groups is 1. The minimum atomic E-state index is -0.0136.